The van der Waals surface area contributed by atoms with E-state index in [2.05, 4.69) is 13.8 Å². The third-order valence-corrected chi connectivity index (χ3v) is 4.08. The SMILES string of the molecule is CCCCC(C)COC(=O)Oc1c(OC)cc(OC)c2ccccc12. The first kappa shape index (κ1) is 18.9. The second-order valence-electron chi connectivity index (χ2n) is 6.07. The standard InChI is InChI=1S/C20H26O5/c1-5-6-9-14(2)13-24-20(21)25-19-16-11-8-7-10-15(16)17(22-3)12-18(19)23-4/h7-8,10-12,14H,5-6,9,13H2,1-4H3. The van der Waals surface area contributed by atoms with Gasteiger partial charge in [-0.3, -0.25) is 0 Å². The lowest BCUT2D eigenvalue weighted by Crippen LogP contribution is -2.16. The minimum atomic E-state index is -0.725. The van der Waals surface area contributed by atoms with Gasteiger partial charge in [-0.1, -0.05) is 51.0 Å². The third-order valence-electron chi connectivity index (χ3n) is 4.08. The van der Waals surface area contributed by atoms with E-state index in [1.165, 1.54) is 7.11 Å². The average Bonchev–Trinajstić information content (AvgIpc) is 2.64. The highest BCUT2D eigenvalue weighted by atomic mass is 16.7. The van der Waals surface area contributed by atoms with Crippen molar-refractivity contribution in [3.63, 3.8) is 0 Å². The predicted octanol–water partition coefficient (Wildman–Crippen LogP) is 5.20. The molecule has 1 unspecified atom stereocenters. The van der Waals surface area contributed by atoms with Crippen LogP contribution in [-0.2, 0) is 4.74 Å². The Labute approximate surface area is 148 Å². The van der Waals surface area contributed by atoms with E-state index in [1.54, 1.807) is 13.2 Å². The van der Waals surface area contributed by atoms with Crippen LogP contribution in [0.25, 0.3) is 10.8 Å². The molecule has 0 aliphatic heterocycles. The van der Waals surface area contributed by atoms with Crippen LogP contribution in [0.4, 0.5) is 4.79 Å². The summed E-state index contributed by atoms with van der Waals surface area (Å²) in [5.74, 6) is 1.72. The Hall–Kier alpha value is -2.43. The van der Waals surface area contributed by atoms with Crippen LogP contribution in [0.3, 0.4) is 0 Å². The molecule has 0 saturated carbocycles. The van der Waals surface area contributed by atoms with Crippen molar-refractivity contribution in [2.45, 2.75) is 33.1 Å². The van der Waals surface area contributed by atoms with Crippen LogP contribution in [0.15, 0.2) is 30.3 Å². The van der Waals surface area contributed by atoms with Crippen LogP contribution in [-0.4, -0.2) is 27.0 Å². The van der Waals surface area contributed by atoms with Crippen molar-refractivity contribution in [3.8, 4) is 17.2 Å². The van der Waals surface area contributed by atoms with Crippen molar-refractivity contribution in [1.82, 2.24) is 0 Å². The van der Waals surface area contributed by atoms with E-state index >= 15 is 0 Å². The smallest absolute Gasteiger partial charge is 0.496 e. The fourth-order valence-corrected chi connectivity index (χ4v) is 2.68. The van der Waals surface area contributed by atoms with E-state index in [0.29, 0.717) is 29.8 Å². The van der Waals surface area contributed by atoms with E-state index in [1.807, 2.05) is 24.3 Å². The summed E-state index contributed by atoms with van der Waals surface area (Å²) in [4.78, 5) is 12.1. The largest absolute Gasteiger partial charge is 0.514 e. The van der Waals surface area contributed by atoms with Gasteiger partial charge in [0.1, 0.15) is 5.75 Å². The van der Waals surface area contributed by atoms with Gasteiger partial charge in [0.05, 0.1) is 20.8 Å². The summed E-state index contributed by atoms with van der Waals surface area (Å²) in [6, 6.07) is 9.22. The molecular weight excluding hydrogens is 320 g/mol. The van der Waals surface area contributed by atoms with Gasteiger partial charge in [-0.05, 0) is 12.3 Å². The summed E-state index contributed by atoms with van der Waals surface area (Å²) in [6.45, 7) is 4.55. The molecule has 0 N–H and O–H groups in total. The molecule has 5 heteroatoms. The number of unbranched alkanes of at least 4 members (excludes halogenated alkanes) is 1. The van der Waals surface area contributed by atoms with Gasteiger partial charge < -0.3 is 18.9 Å². The highest BCUT2D eigenvalue weighted by Crippen LogP contribution is 2.41. The number of carbonyl (C=O) groups is 1. The highest BCUT2D eigenvalue weighted by Gasteiger charge is 2.18. The van der Waals surface area contributed by atoms with Crippen LogP contribution in [0.5, 0.6) is 17.2 Å². The van der Waals surface area contributed by atoms with Gasteiger partial charge in [0.15, 0.2) is 11.5 Å². The zero-order valence-electron chi connectivity index (χ0n) is 15.3. The van der Waals surface area contributed by atoms with Gasteiger partial charge in [-0.25, -0.2) is 4.79 Å². The Morgan fingerprint density at radius 1 is 1.08 bits per heavy atom. The second kappa shape index (κ2) is 9.16. The van der Waals surface area contributed by atoms with E-state index in [-0.39, 0.29) is 0 Å². The molecule has 1 atom stereocenters. The van der Waals surface area contributed by atoms with Gasteiger partial charge >= 0.3 is 6.16 Å². The molecule has 0 fully saturated rings. The Kier molecular flexibility index (Phi) is 6.92. The molecule has 5 nitrogen and oxygen atoms in total. The first-order valence-corrected chi connectivity index (χ1v) is 8.59. The van der Waals surface area contributed by atoms with E-state index in [4.69, 9.17) is 18.9 Å². The zero-order chi connectivity index (χ0) is 18.2. The number of ether oxygens (including phenoxy) is 4. The number of carbonyl (C=O) groups excluding carboxylic acids is 1. The molecule has 0 aromatic heterocycles. The molecule has 2 rings (SSSR count). The van der Waals surface area contributed by atoms with Crippen LogP contribution in [0, 0.1) is 5.92 Å². The molecular formula is C20H26O5. The van der Waals surface area contributed by atoms with Crippen molar-refractivity contribution in [3.05, 3.63) is 30.3 Å². The molecule has 0 spiro atoms. The molecule has 0 saturated heterocycles. The van der Waals surface area contributed by atoms with E-state index < -0.39 is 6.16 Å². The minimum absolute atomic E-state index is 0.307. The Morgan fingerprint density at radius 3 is 2.40 bits per heavy atom. The topological polar surface area (TPSA) is 54.0 Å². The number of fused-ring (bicyclic) bond motifs is 1. The lowest BCUT2D eigenvalue weighted by Gasteiger charge is -2.16. The van der Waals surface area contributed by atoms with Crippen LogP contribution in [0.1, 0.15) is 33.1 Å². The lowest BCUT2D eigenvalue weighted by atomic mass is 10.1. The van der Waals surface area contributed by atoms with Crippen molar-refractivity contribution < 1.29 is 23.7 Å². The summed E-state index contributed by atoms with van der Waals surface area (Å²) >= 11 is 0. The molecule has 0 bridgehead atoms. The Morgan fingerprint density at radius 2 is 1.76 bits per heavy atom. The monoisotopic (exact) mass is 346 g/mol. The minimum Gasteiger partial charge on any atom is -0.496 e. The molecule has 2 aromatic rings. The highest BCUT2D eigenvalue weighted by molar-refractivity contribution is 5.96. The fraction of sp³-hybridized carbons (Fsp3) is 0.450. The van der Waals surface area contributed by atoms with Crippen LogP contribution >= 0.6 is 0 Å². The maximum Gasteiger partial charge on any atom is 0.514 e. The van der Waals surface area contributed by atoms with E-state index in [9.17, 15) is 4.79 Å². The number of hydrogen-bond acceptors (Lipinski definition) is 5. The summed E-state index contributed by atoms with van der Waals surface area (Å²) in [5.41, 5.74) is 0. The van der Waals surface area contributed by atoms with Gasteiger partial charge in [0.2, 0.25) is 0 Å². The molecule has 0 radical (unpaired) electrons. The number of benzene rings is 2. The first-order valence-electron chi connectivity index (χ1n) is 8.59. The number of methoxy groups -OCH3 is 2. The number of rotatable bonds is 8. The summed E-state index contributed by atoms with van der Waals surface area (Å²) in [5, 5.41) is 1.57. The molecule has 0 amide bonds. The van der Waals surface area contributed by atoms with E-state index in [0.717, 1.165) is 30.0 Å². The predicted molar refractivity (Wildman–Crippen MR) is 97.7 cm³/mol. The van der Waals surface area contributed by atoms with Crippen molar-refractivity contribution in [1.29, 1.82) is 0 Å². The first-order chi connectivity index (χ1) is 12.1. The van der Waals surface area contributed by atoms with Gasteiger partial charge in [-0.2, -0.15) is 0 Å². The normalized spacial score (nSPS) is 11.8. The van der Waals surface area contributed by atoms with Crippen molar-refractivity contribution in [2.24, 2.45) is 5.92 Å². The fourth-order valence-electron chi connectivity index (χ4n) is 2.68. The molecule has 0 aliphatic rings. The molecule has 2 aromatic carbocycles. The molecule has 0 heterocycles. The maximum absolute atomic E-state index is 12.1. The molecule has 0 aliphatic carbocycles. The molecule has 136 valence electrons. The van der Waals surface area contributed by atoms with Crippen LogP contribution < -0.4 is 14.2 Å². The maximum atomic E-state index is 12.1. The van der Waals surface area contributed by atoms with Gasteiger partial charge in [0.25, 0.3) is 0 Å². The number of hydrogen-bond donors (Lipinski definition) is 0. The molecule has 25 heavy (non-hydrogen) atoms. The summed E-state index contributed by atoms with van der Waals surface area (Å²) < 4.78 is 21.5. The van der Waals surface area contributed by atoms with Crippen LogP contribution in [0.2, 0.25) is 0 Å². The average molecular weight is 346 g/mol. The second-order valence-corrected chi connectivity index (χ2v) is 6.07. The van der Waals surface area contributed by atoms with Crippen molar-refractivity contribution in [2.75, 3.05) is 20.8 Å². The van der Waals surface area contributed by atoms with Gasteiger partial charge in [0, 0.05) is 16.8 Å². The summed E-state index contributed by atoms with van der Waals surface area (Å²) in [6.07, 6.45) is 2.55. The Bertz CT molecular complexity index is 711. The van der Waals surface area contributed by atoms with Gasteiger partial charge in [-0.15, -0.1) is 0 Å². The quantitative estimate of drug-likeness (QED) is 0.486. The lowest BCUT2D eigenvalue weighted by molar-refractivity contribution is 0.0841. The zero-order valence-corrected chi connectivity index (χ0v) is 15.3. The Balaban J connectivity index is 2.18. The third kappa shape index (κ3) is 4.78. The summed E-state index contributed by atoms with van der Waals surface area (Å²) in [7, 11) is 3.11. The van der Waals surface area contributed by atoms with Crippen molar-refractivity contribution >= 4 is 16.9 Å².